The molecule has 1 aromatic carbocycles. The molecule has 2 atom stereocenters. The van der Waals surface area contributed by atoms with Gasteiger partial charge in [0.25, 0.3) is 5.56 Å². The molecule has 1 fully saturated rings. The molecule has 6 heteroatoms. The lowest BCUT2D eigenvalue weighted by molar-refractivity contribution is 0.0581. The number of β-amino-alcohol motifs (C(OH)–C–C–N with tert-alkyl or cyclic N) is 1. The minimum Gasteiger partial charge on any atom is -0.390 e. The van der Waals surface area contributed by atoms with Crippen molar-refractivity contribution in [3.8, 4) is 0 Å². The van der Waals surface area contributed by atoms with Crippen LogP contribution in [0.5, 0.6) is 0 Å². The number of hydrogen-bond donors (Lipinski definition) is 1. The highest BCUT2D eigenvalue weighted by Crippen LogP contribution is 2.25. The Morgan fingerprint density at radius 1 is 1.23 bits per heavy atom. The van der Waals surface area contributed by atoms with Gasteiger partial charge in [0.1, 0.15) is 5.65 Å². The third-order valence-electron chi connectivity index (χ3n) is 6.42. The normalized spacial score (nSPS) is 19.3. The van der Waals surface area contributed by atoms with Crippen molar-refractivity contribution in [2.45, 2.75) is 58.2 Å². The van der Waals surface area contributed by atoms with Crippen LogP contribution in [0.3, 0.4) is 0 Å². The summed E-state index contributed by atoms with van der Waals surface area (Å²) in [4.78, 5) is 19.6. The zero-order chi connectivity index (χ0) is 21.3. The number of para-hydroxylation sites is 2. The molecule has 1 aliphatic rings. The Morgan fingerprint density at radius 3 is 2.73 bits per heavy atom. The monoisotopic (exact) mass is 408 g/mol. The summed E-state index contributed by atoms with van der Waals surface area (Å²) in [5.74, 6) is 0. The molecule has 2 aromatic heterocycles. The van der Waals surface area contributed by atoms with Crippen molar-refractivity contribution >= 4 is 22.9 Å². The van der Waals surface area contributed by atoms with E-state index in [4.69, 9.17) is 0 Å². The second-order valence-corrected chi connectivity index (χ2v) is 8.43. The molecule has 1 aliphatic heterocycles. The van der Waals surface area contributed by atoms with E-state index in [9.17, 15) is 9.90 Å². The molecule has 3 aromatic rings. The Kier molecular flexibility index (Phi) is 6.06. The number of aliphatic hydroxyl groups excluding tert-OH is 1. The number of pyridine rings is 1. The average Bonchev–Trinajstić information content (AvgIpc) is 3.06. The average molecular weight is 409 g/mol. The molecule has 0 aliphatic carbocycles. The molecule has 30 heavy (non-hydrogen) atoms. The number of hydrogen-bond acceptors (Lipinski definition) is 4. The van der Waals surface area contributed by atoms with Crippen LogP contribution in [0.25, 0.3) is 16.7 Å². The lowest BCUT2D eigenvalue weighted by Gasteiger charge is -2.36. The van der Waals surface area contributed by atoms with Crippen LogP contribution in [0.15, 0.2) is 40.1 Å². The number of aliphatic hydroxyl groups is 1. The zero-order valence-electron chi connectivity index (χ0n) is 18.2. The van der Waals surface area contributed by atoms with E-state index in [-0.39, 0.29) is 5.56 Å². The van der Waals surface area contributed by atoms with E-state index in [1.165, 1.54) is 19.3 Å². The maximum atomic E-state index is 12.9. The summed E-state index contributed by atoms with van der Waals surface area (Å²) in [6.07, 6.45) is 6.10. The Morgan fingerprint density at radius 2 is 2.00 bits per heavy atom. The van der Waals surface area contributed by atoms with Gasteiger partial charge in [-0.2, -0.15) is 0 Å². The lowest BCUT2D eigenvalue weighted by Crippen LogP contribution is -2.44. The van der Waals surface area contributed by atoms with Gasteiger partial charge in [-0.1, -0.05) is 25.5 Å². The highest BCUT2D eigenvalue weighted by Gasteiger charge is 2.24. The van der Waals surface area contributed by atoms with Crippen LogP contribution in [0.1, 0.15) is 43.7 Å². The summed E-state index contributed by atoms with van der Waals surface area (Å²) >= 11 is 0. The van der Waals surface area contributed by atoms with Crippen LogP contribution in [0.2, 0.25) is 0 Å². The van der Waals surface area contributed by atoms with Gasteiger partial charge >= 0.3 is 0 Å². The fourth-order valence-corrected chi connectivity index (χ4v) is 5.00. The van der Waals surface area contributed by atoms with Gasteiger partial charge in [0.05, 0.1) is 23.7 Å². The van der Waals surface area contributed by atoms with Crippen LogP contribution < -0.4 is 5.56 Å². The number of likely N-dealkylation sites (tertiary alicyclic amines) is 1. The van der Waals surface area contributed by atoms with E-state index in [0.29, 0.717) is 19.1 Å². The SMILES string of the molecule is CCC1CCCCN1CC(O)Cn1c2ccccc2n2c(=O)cc(C)c(C=NC)c12. The van der Waals surface area contributed by atoms with Gasteiger partial charge in [0.2, 0.25) is 0 Å². The van der Waals surface area contributed by atoms with Crippen molar-refractivity contribution in [3.05, 3.63) is 51.8 Å². The van der Waals surface area contributed by atoms with Crippen molar-refractivity contribution < 1.29 is 5.11 Å². The number of aromatic nitrogens is 2. The summed E-state index contributed by atoms with van der Waals surface area (Å²) in [6, 6.07) is 10.1. The topological polar surface area (TPSA) is 62.2 Å². The highest BCUT2D eigenvalue weighted by molar-refractivity contribution is 5.94. The molecular weight excluding hydrogens is 376 g/mol. The quantitative estimate of drug-likeness (QED) is 0.637. The van der Waals surface area contributed by atoms with Gasteiger partial charge in [-0.15, -0.1) is 0 Å². The molecule has 160 valence electrons. The zero-order valence-corrected chi connectivity index (χ0v) is 18.2. The van der Waals surface area contributed by atoms with Crippen molar-refractivity contribution in [1.29, 1.82) is 0 Å². The molecule has 1 N–H and O–H groups in total. The van der Waals surface area contributed by atoms with E-state index < -0.39 is 6.10 Å². The van der Waals surface area contributed by atoms with Crippen molar-refractivity contribution in [3.63, 3.8) is 0 Å². The predicted molar refractivity (Wildman–Crippen MR) is 123 cm³/mol. The Hall–Kier alpha value is -2.44. The summed E-state index contributed by atoms with van der Waals surface area (Å²) in [5.41, 5.74) is 4.38. The maximum Gasteiger partial charge on any atom is 0.257 e. The number of imidazole rings is 1. The molecule has 2 unspecified atom stereocenters. The van der Waals surface area contributed by atoms with Gasteiger partial charge in [-0.25, -0.2) is 0 Å². The van der Waals surface area contributed by atoms with Crippen molar-refractivity contribution in [2.24, 2.45) is 4.99 Å². The van der Waals surface area contributed by atoms with E-state index in [0.717, 1.165) is 40.8 Å². The Bertz CT molecular complexity index is 1130. The number of piperidine rings is 1. The first-order valence-corrected chi connectivity index (χ1v) is 11.0. The fourth-order valence-electron chi connectivity index (χ4n) is 5.00. The maximum absolute atomic E-state index is 12.9. The van der Waals surface area contributed by atoms with Gasteiger partial charge in [-0.05, 0) is 50.4 Å². The van der Waals surface area contributed by atoms with Crippen molar-refractivity contribution in [2.75, 3.05) is 20.1 Å². The molecule has 4 rings (SSSR count). The van der Waals surface area contributed by atoms with Crippen LogP contribution >= 0.6 is 0 Å². The standard InChI is InChI=1S/C24H32N4O2/c1-4-18-9-7-8-12-26(18)15-19(29)16-27-21-10-5-6-11-22(21)28-23(30)13-17(2)20(14-25-3)24(27)28/h5-6,10-11,13-14,18-19,29H,4,7-9,12,15-16H2,1-3H3. The summed E-state index contributed by atoms with van der Waals surface area (Å²) in [5, 5.41) is 11.1. The van der Waals surface area contributed by atoms with Gasteiger partial charge in [-0.3, -0.25) is 19.1 Å². The Balaban J connectivity index is 1.80. The van der Waals surface area contributed by atoms with E-state index in [1.54, 1.807) is 17.5 Å². The minimum atomic E-state index is -0.515. The first kappa shape index (κ1) is 20.8. The number of nitrogens with zero attached hydrogens (tertiary/aromatic N) is 4. The predicted octanol–water partition coefficient (Wildman–Crippen LogP) is 3.24. The van der Waals surface area contributed by atoms with Gasteiger partial charge in [0.15, 0.2) is 0 Å². The minimum absolute atomic E-state index is 0.0535. The molecule has 6 nitrogen and oxygen atoms in total. The molecule has 0 amide bonds. The number of aryl methyl sites for hydroxylation is 1. The van der Waals surface area contributed by atoms with Crippen molar-refractivity contribution in [1.82, 2.24) is 13.9 Å². The molecule has 0 radical (unpaired) electrons. The van der Waals surface area contributed by atoms with Crippen LogP contribution in [0.4, 0.5) is 0 Å². The third-order valence-corrected chi connectivity index (χ3v) is 6.42. The Labute approximate surface area is 177 Å². The highest BCUT2D eigenvalue weighted by atomic mass is 16.3. The number of aliphatic imine (C=N–C) groups is 1. The number of rotatable bonds is 6. The summed E-state index contributed by atoms with van der Waals surface area (Å²) in [7, 11) is 1.74. The largest absolute Gasteiger partial charge is 0.390 e. The summed E-state index contributed by atoms with van der Waals surface area (Å²) in [6.45, 7) is 6.32. The molecule has 0 bridgehead atoms. The third kappa shape index (κ3) is 3.70. The molecular formula is C24H32N4O2. The van der Waals surface area contributed by atoms with Gasteiger partial charge < -0.3 is 9.67 Å². The van der Waals surface area contributed by atoms with E-state index in [2.05, 4.69) is 21.4 Å². The van der Waals surface area contributed by atoms with E-state index >= 15 is 0 Å². The first-order valence-electron chi connectivity index (χ1n) is 11.0. The number of fused-ring (bicyclic) bond motifs is 3. The first-order chi connectivity index (χ1) is 14.5. The van der Waals surface area contributed by atoms with E-state index in [1.807, 2.05) is 37.4 Å². The molecule has 0 spiro atoms. The van der Waals surface area contributed by atoms with Gasteiger partial charge in [0, 0.05) is 37.5 Å². The second-order valence-electron chi connectivity index (χ2n) is 8.43. The fraction of sp³-hybridized carbons (Fsp3) is 0.500. The van der Waals surface area contributed by atoms with Crippen LogP contribution in [-0.2, 0) is 6.54 Å². The summed E-state index contributed by atoms with van der Waals surface area (Å²) < 4.78 is 3.85. The van der Waals surface area contributed by atoms with Crippen LogP contribution in [0, 0.1) is 6.92 Å². The smallest absolute Gasteiger partial charge is 0.257 e. The molecule has 0 saturated carbocycles. The molecule has 3 heterocycles. The van der Waals surface area contributed by atoms with Crippen LogP contribution in [-0.4, -0.2) is 57.5 Å². The number of benzene rings is 1. The lowest BCUT2D eigenvalue weighted by atomic mass is 9.99. The molecule has 1 saturated heterocycles. The second kappa shape index (κ2) is 8.74.